The van der Waals surface area contributed by atoms with Gasteiger partial charge in [-0.1, -0.05) is 0 Å². The SMILES string of the molecule is CCOC(Nc1nccc(C)n1)C(F)(F)F. The molecule has 0 saturated heterocycles. The van der Waals surface area contributed by atoms with Crippen LogP contribution in [0, 0.1) is 6.92 Å². The molecule has 1 aromatic rings. The maximum Gasteiger partial charge on any atom is 0.433 e. The summed E-state index contributed by atoms with van der Waals surface area (Å²) >= 11 is 0. The third-order valence-electron chi connectivity index (χ3n) is 1.69. The van der Waals surface area contributed by atoms with E-state index in [9.17, 15) is 13.2 Å². The number of ether oxygens (including phenoxy) is 1. The first-order valence-electron chi connectivity index (χ1n) is 4.68. The molecule has 1 atom stereocenters. The highest BCUT2D eigenvalue weighted by atomic mass is 19.4. The minimum atomic E-state index is -4.50. The third-order valence-corrected chi connectivity index (χ3v) is 1.69. The highest BCUT2D eigenvalue weighted by molar-refractivity contribution is 5.26. The summed E-state index contributed by atoms with van der Waals surface area (Å²) in [5.41, 5.74) is 0.579. The minimum Gasteiger partial charge on any atom is -0.350 e. The van der Waals surface area contributed by atoms with Crippen molar-refractivity contribution in [1.82, 2.24) is 9.97 Å². The molecule has 0 bridgehead atoms. The standard InChI is InChI=1S/C9H12F3N3O/c1-3-16-7(9(10,11)12)15-8-13-5-4-6(2)14-8/h4-5,7H,3H2,1-2H3,(H,13,14,15). The number of nitrogens with zero attached hydrogens (tertiary/aromatic N) is 2. The predicted octanol–water partition coefficient (Wildman–Crippen LogP) is 2.12. The molecule has 7 heteroatoms. The molecule has 90 valence electrons. The van der Waals surface area contributed by atoms with Gasteiger partial charge in [-0.2, -0.15) is 13.2 Å². The lowest BCUT2D eigenvalue weighted by Crippen LogP contribution is -2.39. The van der Waals surface area contributed by atoms with E-state index in [1.165, 1.54) is 13.1 Å². The first-order chi connectivity index (χ1) is 7.43. The Bertz CT molecular complexity index is 343. The Balaban J connectivity index is 2.76. The van der Waals surface area contributed by atoms with Crippen molar-refractivity contribution in [2.75, 3.05) is 11.9 Å². The summed E-state index contributed by atoms with van der Waals surface area (Å²) in [6.45, 7) is 3.09. The van der Waals surface area contributed by atoms with Crippen molar-refractivity contribution in [3.05, 3.63) is 18.0 Å². The van der Waals surface area contributed by atoms with Crippen molar-refractivity contribution in [3.8, 4) is 0 Å². The van der Waals surface area contributed by atoms with Gasteiger partial charge in [0, 0.05) is 18.5 Å². The molecule has 0 aliphatic rings. The van der Waals surface area contributed by atoms with Gasteiger partial charge in [0.1, 0.15) is 0 Å². The first kappa shape index (κ1) is 12.7. The molecule has 0 aliphatic heterocycles. The van der Waals surface area contributed by atoms with Crippen LogP contribution in [0.4, 0.5) is 19.1 Å². The molecule has 1 heterocycles. The summed E-state index contributed by atoms with van der Waals surface area (Å²) in [6.07, 6.45) is -5.20. The molecule has 0 spiro atoms. The van der Waals surface area contributed by atoms with Gasteiger partial charge < -0.3 is 10.1 Å². The number of rotatable bonds is 4. The van der Waals surface area contributed by atoms with Crippen LogP contribution >= 0.6 is 0 Å². The van der Waals surface area contributed by atoms with Crippen LogP contribution in [0.1, 0.15) is 12.6 Å². The lowest BCUT2D eigenvalue weighted by molar-refractivity contribution is -0.209. The summed E-state index contributed by atoms with van der Waals surface area (Å²) in [5.74, 6) is -0.101. The van der Waals surface area contributed by atoms with Gasteiger partial charge in [0.15, 0.2) is 0 Å². The first-order valence-corrected chi connectivity index (χ1v) is 4.68. The third kappa shape index (κ3) is 3.65. The number of aromatic nitrogens is 2. The average Bonchev–Trinajstić information content (AvgIpc) is 2.16. The fourth-order valence-corrected chi connectivity index (χ4v) is 1.02. The molecule has 4 nitrogen and oxygen atoms in total. The molecular formula is C9H12F3N3O. The average molecular weight is 235 g/mol. The van der Waals surface area contributed by atoms with Crippen molar-refractivity contribution in [1.29, 1.82) is 0 Å². The van der Waals surface area contributed by atoms with Crippen LogP contribution in [0.2, 0.25) is 0 Å². The van der Waals surface area contributed by atoms with Crippen molar-refractivity contribution >= 4 is 5.95 Å². The number of hydrogen-bond donors (Lipinski definition) is 1. The molecule has 0 amide bonds. The minimum absolute atomic E-state index is 0.0526. The van der Waals surface area contributed by atoms with Crippen LogP contribution in [0.15, 0.2) is 12.3 Å². The van der Waals surface area contributed by atoms with Crippen molar-refractivity contribution in [2.45, 2.75) is 26.3 Å². The van der Waals surface area contributed by atoms with Gasteiger partial charge in [-0.05, 0) is 19.9 Å². The topological polar surface area (TPSA) is 47.0 Å². The maximum atomic E-state index is 12.5. The highest BCUT2D eigenvalue weighted by Gasteiger charge is 2.41. The molecule has 1 aromatic heterocycles. The molecule has 0 aliphatic carbocycles. The summed E-state index contributed by atoms with van der Waals surface area (Å²) in [4.78, 5) is 7.48. The van der Waals surface area contributed by atoms with Gasteiger partial charge in [0.05, 0.1) is 0 Å². The molecule has 0 aromatic carbocycles. The smallest absolute Gasteiger partial charge is 0.350 e. The molecule has 16 heavy (non-hydrogen) atoms. The van der Waals surface area contributed by atoms with E-state index in [0.29, 0.717) is 5.69 Å². The van der Waals surface area contributed by atoms with E-state index >= 15 is 0 Å². The van der Waals surface area contributed by atoms with Crippen molar-refractivity contribution in [2.24, 2.45) is 0 Å². The number of alkyl halides is 3. The number of nitrogens with one attached hydrogen (secondary N) is 1. The van der Waals surface area contributed by atoms with Gasteiger partial charge in [0.25, 0.3) is 0 Å². The van der Waals surface area contributed by atoms with E-state index in [-0.39, 0.29) is 12.6 Å². The van der Waals surface area contributed by atoms with Crippen molar-refractivity contribution in [3.63, 3.8) is 0 Å². The highest BCUT2D eigenvalue weighted by Crippen LogP contribution is 2.23. The van der Waals surface area contributed by atoms with E-state index < -0.39 is 12.4 Å². The lowest BCUT2D eigenvalue weighted by Gasteiger charge is -2.21. The largest absolute Gasteiger partial charge is 0.433 e. The van der Waals surface area contributed by atoms with Crippen LogP contribution < -0.4 is 5.32 Å². The van der Waals surface area contributed by atoms with Crippen LogP contribution in [0.3, 0.4) is 0 Å². The summed E-state index contributed by atoms with van der Waals surface area (Å²) in [7, 11) is 0. The fourth-order valence-electron chi connectivity index (χ4n) is 1.02. The Morgan fingerprint density at radius 2 is 2.19 bits per heavy atom. The zero-order valence-corrected chi connectivity index (χ0v) is 8.88. The molecule has 0 fully saturated rings. The number of aryl methyl sites for hydroxylation is 1. The van der Waals surface area contributed by atoms with Crippen LogP contribution in [-0.2, 0) is 4.74 Å². The second-order valence-electron chi connectivity index (χ2n) is 3.04. The molecule has 1 unspecified atom stereocenters. The Morgan fingerprint density at radius 3 is 2.69 bits per heavy atom. The van der Waals surface area contributed by atoms with Crippen molar-refractivity contribution < 1.29 is 17.9 Å². The van der Waals surface area contributed by atoms with Gasteiger partial charge in [0.2, 0.25) is 12.2 Å². The lowest BCUT2D eigenvalue weighted by atomic mass is 10.4. The maximum absolute atomic E-state index is 12.5. The summed E-state index contributed by atoms with van der Waals surface area (Å²) in [5, 5.41) is 2.09. The molecule has 1 rings (SSSR count). The Hall–Kier alpha value is -1.37. The second-order valence-corrected chi connectivity index (χ2v) is 3.04. The van der Waals surface area contributed by atoms with Gasteiger partial charge in [-0.3, -0.25) is 0 Å². The van der Waals surface area contributed by atoms with E-state index in [0.717, 1.165) is 0 Å². The predicted molar refractivity (Wildman–Crippen MR) is 51.9 cm³/mol. The van der Waals surface area contributed by atoms with Gasteiger partial charge in [-0.15, -0.1) is 0 Å². The molecule has 1 N–H and O–H groups in total. The normalized spacial score (nSPS) is 13.6. The molecule has 0 saturated carbocycles. The number of anilines is 1. The molecular weight excluding hydrogens is 223 g/mol. The van der Waals surface area contributed by atoms with Crippen LogP contribution in [0.5, 0.6) is 0 Å². The van der Waals surface area contributed by atoms with Crippen LogP contribution in [-0.4, -0.2) is 29.0 Å². The monoisotopic (exact) mass is 235 g/mol. The van der Waals surface area contributed by atoms with Gasteiger partial charge >= 0.3 is 6.18 Å². The Morgan fingerprint density at radius 1 is 1.50 bits per heavy atom. The second kappa shape index (κ2) is 5.11. The van der Waals surface area contributed by atoms with E-state index in [2.05, 4.69) is 20.0 Å². The van der Waals surface area contributed by atoms with E-state index in [1.807, 2.05) is 0 Å². The van der Waals surface area contributed by atoms with E-state index in [4.69, 9.17) is 0 Å². The quantitative estimate of drug-likeness (QED) is 0.812. The van der Waals surface area contributed by atoms with E-state index in [1.54, 1.807) is 13.0 Å². The fraction of sp³-hybridized carbons (Fsp3) is 0.556. The number of halogens is 3. The Kier molecular flexibility index (Phi) is 4.05. The summed E-state index contributed by atoms with van der Waals surface area (Å²) in [6, 6.07) is 1.59. The Labute approximate surface area is 90.9 Å². The zero-order valence-electron chi connectivity index (χ0n) is 8.88. The van der Waals surface area contributed by atoms with Crippen LogP contribution in [0.25, 0.3) is 0 Å². The molecule has 0 radical (unpaired) electrons. The summed E-state index contributed by atoms with van der Waals surface area (Å²) < 4.78 is 41.9. The number of hydrogen-bond acceptors (Lipinski definition) is 4. The zero-order chi connectivity index (χ0) is 12.2. The van der Waals surface area contributed by atoms with Gasteiger partial charge in [-0.25, -0.2) is 9.97 Å².